The number of hydrogen-bond acceptors (Lipinski definition) is 5. The second-order valence-electron chi connectivity index (χ2n) is 5.15. The number of ether oxygens (including phenoxy) is 1. The molecule has 0 aliphatic rings. The summed E-state index contributed by atoms with van der Waals surface area (Å²) in [6.07, 6.45) is 0. The minimum absolute atomic E-state index is 0.294. The molecule has 0 aliphatic heterocycles. The fourth-order valence-electron chi connectivity index (χ4n) is 2.44. The Balaban J connectivity index is 1.76. The van der Waals surface area contributed by atoms with Gasteiger partial charge in [-0.1, -0.05) is 18.2 Å². The minimum Gasteiger partial charge on any atom is -0.494 e. The summed E-state index contributed by atoms with van der Waals surface area (Å²) in [6.45, 7) is 0. The zero-order valence-electron chi connectivity index (χ0n) is 12.7. The number of benzene rings is 2. The third-order valence-corrected chi connectivity index (χ3v) is 3.64. The third kappa shape index (κ3) is 2.48. The summed E-state index contributed by atoms with van der Waals surface area (Å²) < 4.78 is 24.0. The zero-order chi connectivity index (χ0) is 16.5. The van der Waals surface area contributed by atoms with Crippen LogP contribution in [0.2, 0.25) is 0 Å². The molecule has 0 N–H and O–H groups in total. The van der Waals surface area contributed by atoms with Crippen molar-refractivity contribution in [2.24, 2.45) is 0 Å². The van der Waals surface area contributed by atoms with E-state index in [9.17, 15) is 4.39 Å². The maximum atomic E-state index is 13.0. The van der Waals surface area contributed by atoms with E-state index in [0.717, 1.165) is 10.9 Å². The summed E-state index contributed by atoms with van der Waals surface area (Å²) in [4.78, 5) is 4.56. The molecule has 0 fully saturated rings. The normalized spacial score (nSPS) is 10.9. The van der Waals surface area contributed by atoms with E-state index in [4.69, 9.17) is 9.15 Å². The second-order valence-corrected chi connectivity index (χ2v) is 5.15. The Bertz CT molecular complexity index is 1010. The summed E-state index contributed by atoms with van der Waals surface area (Å²) in [6, 6.07) is 15.3. The zero-order valence-corrected chi connectivity index (χ0v) is 12.7. The predicted molar refractivity (Wildman–Crippen MR) is 87.0 cm³/mol. The number of rotatable bonds is 3. The van der Waals surface area contributed by atoms with Gasteiger partial charge in [0, 0.05) is 10.9 Å². The topological polar surface area (TPSA) is 61.0 Å². The number of hydrogen-bond donors (Lipinski definition) is 0. The minimum atomic E-state index is -0.318. The standard InChI is InChI=1S/C18H12FN3O2/c1-23-15-4-2-3-11-7-10-14(20-16(11)15)18-22-21-17(24-18)12-5-8-13(19)9-6-12/h2-10H,1H3. The van der Waals surface area contributed by atoms with Gasteiger partial charge in [0.05, 0.1) is 7.11 Å². The molecule has 0 atom stereocenters. The van der Waals surface area contributed by atoms with Crippen LogP contribution >= 0.6 is 0 Å². The number of para-hydroxylation sites is 1. The molecule has 4 aromatic rings. The predicted octanol–water partition coefficient (Wildman–Crippen LogP) is 4.10. The van der Waals surface area contributed by atoms with Gasteiger partial charge in [0.2, 0.25) is 5.89 Å². The summed E-state index contributed by atoms with van der Waals surface area (Å²) in [5.74, 6) is 0.962. The summed E-state index contributed by atoms with van der Waals surface area (Å²) in [5.41, 5.74) is 1.92. The van der Waals surface area contributed by atoms with Crippen LogP contribution in [0.25, 0.3) is 33.9 Å². The van der Waals surface area contributed by atoms with Crippen LogP contribution in [0.15, 0.2) is 59.0 Å². The van der Waals surface area contributed by atoms with E-state index >= 15 is 0 Å². The number of fused-ring (bicyclic) bond motifs is 1. The summed E-state index contributed by atoms with van der Waals surface area (Å²) >= 11 is 0. The monoisotopic (exact) mass is 321 g/mol. The molecular weight excluding hydrogens is 309 g/mol. The van der Waals surface area contributed by atoms with Gasteiger partial charge < -0.3 is 9.15 Å². The van der Waals surface area contributed by atoms with Crippen LogP contribution < -0.4 is 4.74 Å². The molecule has 5 nitrogen and oxygen atoms in total. The van der Waals surface area contributed by atoms with E-state index < -0.39 is 0 Å². The van der Waals surface area contributed by atoms with Crippen molar-refractivity contribution in [1.82, 2.24) is 15.2 Å². The van der Waals surface area contributed by atoms with Crippen molar-refractivity contribution in [3.63, 3.8) is 0 Å². The van der Waals surface area contributed by atoms with Crippen molar-refractivity contribution < 1.29 is 13.5 Å². The Labute approximate surface area is 136 Å². The van der Waals surface area contributed by atoms with Crippen LogP contribution in [-0.2, 0) is 0 Å². The molecule has 0 bridgehead atoms. The van der Waals surface area contributed by atoms with Gasteiger partial charge in [0.25, 0.3) is 5.89 Å². The van der Waals surface area contributed by atoms with Gasteiger partial charge in [-0.3, -0.25) is 0 Å². The molecular formula is C18H12FN3O2. The van der Waals surface area contributed by atoms with Crippen LogP contribution in [-0.4, -0.2) is 22.3 Å². The second kappa shape index (κ2) is 5.73. The van der Waals surface area contributed by atoms with E-state index in [0.29, 0.717) is 28.8 Å². The molecule has 0 aliphatic carbocycles. The highest BCUT2D eigenvalue weighted by atomic mass is 19.1. The molecule has 0 unspecified atom stereocenters. The molecule has 6 heteroatoms. The number of nitrogens with zero attached hydrogens (tertiary/aromatic N) is 3. The lowest BCUT2D eigenvalue weighted by molar-refractivity contribution is 0.419. The molecule has 0 amide bonds. The first-order chi connectivity index (χ1) is 11.7. The van der Waals surface area contributed by atoms with Crippen molar-refractivity contribution in [2.45, 2.75) is 0 Å². The fourth-order valence-corrected chi connectivity index (χ4v) is 2.44. The van der Waals surface area contributed by atoms with E-state index in [1.807, 2.05) is 30.3 Å². The smallest absolute Gasteiger partial charge is 0.266 e. The largest absolute Gasteiger partial charge is 0.494 e. The van der Waals surface area contributed by atoms with E-state index in [-0.39, 0.29) is 5.82 Å². The highest BCUT2D eigenvalue weighted by Gasteiger charge is 2.13. The van der Waals surface area contributed by atoms with Crippen molar-refractivity contribution in [3.8, 4) is 28.8 Å². The molecule has 118 valence electrons. The van der Waals surface area contributed by atoms with Crippen LogP contribution in [0.4, 0.5) is 4.39 Å². The van der Waals surface area contributed by atoms with Gasteiger partial charge in [0.15, 0.2) is 0 Å². The lowest BCUT2D eigenvalue weighted by atomic mass is 10.2. The number of halogens is 1. The molecule has 2 heterocycles. The molecule has 0 saturated carbocycles. The molecule has 4 rings (SSSR count). The Morgan fingerprint density at radius 2 is 1.71 bits per heavy atom. The molecule has 0 saturated heterocycles. The number of methoxy groups -OCH3 is 1. The van der Waals surface area contributed by atoms with Gasteiger partial charge in [-0.25, -0.2) is 9.37 Å². The first kappa shape index (κ1) is 14.3. The highest BCUT2D eigenvalue weighted by Crippen LogP contribution is 2.28. The molecule has 2 aromatic heterocycles. The maximum absolute atomic E-state index is 13.0. The average Bonchev–Trinajstić information content (AvgIpc) is 3.11. The van der Waals surface area contributed by atoms with Crippen LogP contribution in [0.5, 0.6) is 5.75 Å². The van der Waals surface area contributed by atoms with Crippen LogP contribution in [0.3, 0.4) is 0 Å². The summed E-state index contributed by atoms with van der Waals surface area (Å²) in [5, 5.41) is 8.99. The van der Waals surface area contributed by atoms with E-state index in [2.05, 4.69) is 15.2 Å². The quantitative estimate of drug-likeness (QED) is 0.568. The van der Waals surface area contributed by atoms with Gasteiger partial charge in [-0.2, -0.15) is 0 Å². The lowest BCUT2D eigenvalue weighted by Crippen LogP contribution is -1.90. The number of aromatic nitrogens is 3. The SMILES string of the molecule is COc1cccc2ccc(-c3nnc(-c4ccc(F)cc4)o3)nc12. The fraction of sp³-hybridized carbons (Fsp3) is 0.0556. The molecule has 2 aromatic carbocycles. The van der Waals surface area contributed by atoms with Gasteiger partial charge in [0.1, 0.15) is 22.8 Å². The average molecular weight is 321 g/mol. The van der Waals surface area contributed by atoms with Crippen molar-refractivity contribution in [2.75, 3.05) is 7.11 Å². The summed E-state index contributed by atoms with van der Waals surface area (Å²) in [7, 11) is 1.60. The van der Waals surface area contributed by atoms with E-state index in [1.54, 1.807) is 19.2 Å². The maximum Gasteiger partial charge on any atom is 0.266 e. The van der Waals surface area contributed by atoms with Crippen LogP contribution in [0.1, 0.15) is 0 Å². The van der Waals surface area contributed by atoms with E-state index in [1.165, 1.54) is 12.1 Å². The first-order valence-electron chi connectivity index (χ1n) is 7.28. The van der Waals surface area contributed by atoms with Crippen LogP contribution in [0, 0.1) is 5.82 Å². The number of pyridine rings is 1. The van der Waals surface area contributed by atoms with Crippen molar-refractivity contribution >= 4 is 10.9 Å². The highest BCUT2D eigenvalue weighted by molar-refractivity contribution is 5.86. The van der Waals surface area contributed by atoms with Crippen molar-refractivity contribution in [1.29, 1.82) is 0 Å². The Morgan fingerprint density at radius 1 is 0.917 bits per heavy atom. The molecule has 24 heavy (non-hydrogen) atoms. The first-order valence-corrected chi connectivity index (χ1v) is 7.28. The molecule has 0 radical (unpaired) electrons. The van der Waals surface area contributed by atoms with Gasteiger partial charge in [-0.05, 0) is 36.4 Å². The van der Waals surface area contributed by atoms with Gasteiger partial charge in [-0.15, -0.1) is 10.2 Å². The lowest BCUT2D eigenvalue weighted by Gasteiger charge is -2.04. The Morgan fingerprint density at radius 3 is 2.50 bits per heavy atom. The van der Waals surface area contributed by atoms with Gasteiger partial charge >= 0.3 is 0 Å². The molecule has 0 spiro atoms. The van der Waals surface area contributed by atoms with Crippen molar-refractivity contribution in [3.05, 3.63) is 60.4 Å². The Kier molecular flexibility index (Phi) is 3.42. The Hall–Kier alpha value is -3.28. The third-order valence-electron chi connectivity index (χ3n) is 3.64.